The van der Waals surface area contributed by atoms with Crippen LogP contribution in [-0.4, -0.2) is 13.0 Å². The molecule has 0 saturated carbocycles. The van der Waals surface area contributed by atoms with Gasteiger partial charge in [0.2, 0.25) is 5.91 Å². The standard InChI is InChI=1S/C10H11NO2/c1-13-9-4-2-3-7-5-10(12)11-6-8(7)9/h2-4H,5-6H2,1H3,(H,11,12). The second kappa shape index (κ2) is 3.09. The van der Waals surface area contributed by atoms with Crippen molar-refractivity contribution in [2.45, 2.75) is 13.0 Å². The van der Waals surface area contributed by atoms with Gasteiger partial charge in [0.15, 0.2) is 0 Å². The Kier molecular flexibility index (Phi) is 1.93. The van der Waals surface area contributed by atoms with Crippen molar-refractivity contribution >= 4 is 5.91 Å². The maximum absolute atomic E-state index is 11.1. The summed E-state index contributed by atoms with van der Waals surface area (Å²) in [6.07, 6.45) is 0.465. The van der Waals surface area contributed by atoms with Crippen molar-refractivity contribution in [1.29, 1.82) is 0 Å². The Morgan fingerprint density at radius 2 is 2.31 bits per heavy atom. The summed E-state index contributed by atoms with van der Waals surface area (Å²) in [4.78, 5) is 11.1. The van der Waals surface area contributed by atoms with E-state index in [1.165, 1.54) is 0 Å². The number of nitrogens with one attached hydrogen (secondary N) is 1. The highest BCUT2D eigenvalue weighted by Gasteiger charge is 2.17. The van der Waals surface area contributed by atoms with Crippen LogP contribution in [0.1, 0.15) is 11.1 Å². The molecule has 1 aromatic rings. The summed E-state index contributed by atoms with van der Waals surface area (Å²) in [5.41, 5.74) is 2.17. The topological polar surface area (TPSA) is 38.3 Å². The molecule has 0 saturated heterocycles. The van der Waals surface area contributed by atoms with Gasteiger partial charge in [0.25, 0.3) is 0 Å². The van der Waals surface area contributed by atoms with Crippen molar-refractivity contribution in [2.75, 3.05) is 7.11 Å². The van der Waals surface area contributed by atoms with Gasteiger partial charge in [0, 0.05) is 12.1 Å². The number of amides is 1. The zero-order chi connectivity index (χ0) is 9.26. The minimum absolute atomic E-state index is 0.0840. The average molecular weight is 177 g/mol. The SMILES string of the molecule is COc1cccc2c1CNC(=O)C2. The monoisotopic (exact) mass is 177 g/mol. The molecule has 0 aliphatic carbocycles. The van der Waals surface area contributed by atoms with E-state index in [0.29, 0.717) is 13.0 Å². The second-order valence-corrected chi connectivity index (χ2v) is 3.05. The predicted molar refractivity (Wildman–Crippen MR) is 48.5 cm³/mol. The van der Waals surface area contributed by atoms with Gasteiger partial charge in [-0.15, -0.1) is 0 Å². The maximum atomic E-state index is 11.1. The Balaban J connectivity index is 2.45. The molecule has 1 N–H and O–H groups in total. The second-order valence-electron chi connectivity index (χ2n) is 3.05. The van der Waals surface area contributed by atoms with E-state index in [1.807, 2.05) is 18.2 Å². The first kappa shape index (κ1) is 8.10. The lowest BCUT2D eigenvalue weighted by atomic mass is 10.00. The highest BCUT2D eigenvalue weighted by molar-refractivity contribution is 5.81. The van der Waals surface area contributed by atoms with Gasteiger partial charge in [-0.05, 0) is 11.6 Å². The molecule has 0 unspecified atom stereocenters. The van der Waals surface area contributed by atoms with Crippen LogP contribution in [0.5, 0.6) is 5.75 Å². The summed E-state index contributed by atoms with van der Waals surface area (Å²) < 4.78 is 5.20. The molecule has 0 atom stereocenters. The zero-order valence-corrected chi connectivity index (χ0v) is 7.46. The third-order valence-electron chi connectivity index (χ3n) is 2.26. The van der Waals surface area contributed by atoms with Crippen LogP contribution in [0.4, 0.5) is 0 Å². The lowest BCUT2D eigenvalue weighted by Crippen LogP contribution is -2.30. The normalized spacial score (nSPS) is 14.7. The average Bonchev–Trinajstić information content (AvgIpc) is 2.16. The van der Waals surface area contributed by atoms with Crippen LogP contribution in [0.15, 0.2) is 18.2 Å². The third kappa shape index (κ3) is 1.37. The Morgan fingerprint density at radius 3 is 3.08 bits per heavy atom. The molecule has 1 heterocycles. The molecule has 1 aliphatic rings. The summed E-state index contributed by atoms with van der Waals surface area (Å²) >= 11 is 0. The van der Waals surface area contributed by atoms with E-state index in [4.69, 9.17) is 4.74 Å². The van der Waals surface area contributed by atoms with Crippen molar-refractivity contribution in [3.63, 3.8) is 0 Å². The number of benzene rings is 1. The van der Waals surface area contributed by atoms with Crippen LogP contribution in [0, 0.1) is 0 Å². The smallest absolute Gasteiger partial charge is 0.224 e. The number of ether oxygens (including phenoxy) is 1. The first-order valence-corrected chi connectivity index (χ1v) is 4.22. The fraction of sp³-hybridized carbons (Fsp3) is 0.300. The van der Waals surface area contributed by atoms with Crippen LogP contribution < -0.4 is 10.1 Å². The van der Waals surface area contributed by atoms with Gasteiger partial charge in [-0.25, -0.2) is 0 Å². The molecule has 1 amide bonds. The van der Waals surface area contributed by atoms with Gasteiger partial charge in [0.05, 0.1) is 13.5 Å². The van der Waals surface area contributed by atoms with Crippen LogP contribution >= 0.6 is 0 Å². The molecule has 0 spiro atoms. The number of hydrogen-bond acceptors (Lipinski definition) is 2. The van der Waals surface area contributed by atoms with E-state index in [-0.39, 0.29) is 5.91 Å². The van der Waals surface area contributed by atoms with E-state index in [2.05, 4.69) is 5.32 Å². The van der Waals surface area contributed by atoms with E-state index >= 15 is 0 Å². The number of fused-ring (bicyclic) bond motifs is 1. The van der Waals surface area contributed by atoms with Gasteiger partial charge >= 0.3 is 0 Å². The predicted octanol–water partition coefficient (Wildman–Crippen LogP) is 0.867. The molecule has 0 aromatic heterocycles. The fourth-order valence-corrected chi connectivity index (χ4v) is 1.59. The Hall–Kier alpha value is -1.51. The number of rotatable bonds is 1. The maximum Gasteiger partial charge on any atom is 0.224 e. The highest BCUT2D eigenvalue weighted by atomic mass is 16.5. The van der Waals surface area contributed by atoms with Crippen LogP contribution in [0.2, 0.25) is 0 Å². The summed E-state index contributed by atoms with van der Waals surface area (Å²) in [5.74, 6) is 0.943. The third-order valence-corrected chi connectivity index (χ3v) is 2.26. The number of carbonyl (C=O) groups is 1. The quantitative estimate of drug-likeness (QED) is 0.691. The van der Waals surface area contributed by atoms with E-state index in [9.17, 15) is 4.79 Å². The molecule has 0 bridgehead atoms. The molecule has 13 heavy (non-hydrogen) atoms. The van der Waals surface area contributed by atoms with E-state index in [0.717, 1.165) is 16.9 Å². The number of methoxy groups -OCH3 is 1. The molecule has 1 aromatic carbocycles. The summed E-state index contributed by atoms with van der Waals surface area (Å²) in [7, 11) is 1.64. The molecule has 3 heteroatoms. The van der Waals surface area contributed by atoms with Gasteiger partial charge < -0.3 is 10.1 Å². The Labute approximate surface area is 76.7 Å². The minimum atomic E-state index is 0.0840. The number of carbonyl (C=O) groups excluding carboxylic acids is 1. The fourth-order valence-electron chi connectivity index (χ4n) is 1.59. The van der Waals surface area contributed by atoms with Crippen molar-refractivity contribution in [1.82, 2.24) is 5.32 Å². The van der Waals surface area contributed by atoms with Crippen molar-refractivity contribution in [3.8, 4) is 5.75 Å². The molecule has 1 aliphatic heterocycles. The zero-order valence-electron chi connectivity index (χ0n) is 7.46. The first-order chi connectivity index (χ1) is 6.31. The van der Waals surface area contributed by atoms with Crippen LogP contribution in [-0.2, 0) is 17.8 Å². The Bertz CT molecular complexity index is 347. The van der Waals surface area contributed by atoms with Gasteiger partial charge in [-0.3, -0.25) is 4.79 Å². The van der Waals surface area contributed by atoms with E-state index in [1.54, 1.807) is 7.11 Å². The minimum Gasteiger partial charge on any atom is -0.496 e. The molecule has 0 radical (unpaired) electrons. The summed E-state index contributed by atoms with van der Waals surface area (Å²) in [5, 5.41) is 2.79. The van der Waals surface area contributed by atoms with Crippen molar-refractivity contribution < 1.29 is 9.53 Å². The summed E-state index contributed by atoms with van der Waals surface area (Å²) in [6, 6.07) is 5.79. The molecule has 2 rings (SSSR count). The lowest BCUT2D eigenvalue weighted by molar-refractivity contribution is -0.121. The van der Waals surface area contributed by atoms with Gasteiger partial charge in [-0.1, -0.05) is 12.1 Å². The molecule has 0 fully saturated rings. The lowest BCUT2D eigenvalue weighted by Gasteiger charge is -2.18. The van der Waals surface area contributed by atoms with Crippen molar-refractivity contribution in [3.05, 3.63) is 29.3 Å². The first-order valence-electron chi connectivity index (χ1n) is 4.22. The summed E-state index contributed by atoms with van der Waals surface area (Å²) in [6.45, 7) is 0.582. The van der Waals surface area contributed by atoms with Crippen molar-refractivity contribution in [2.24, 2.45) is 0 Å². The largest absolute Gasteiger partial charge is 0.496 e. The highest BCUT2D eigenvalue weighted by Crippen LogP contribution is 2.24. The van der Waals surface area contributed by atoms with E-state index < -0.39 is 0 Å². The molecule has 68 valence electrons. The Morgan fingerprint density at radius 1 is 1.46 bits per heavy atom. The van der Waals surface area contributed by atoms with Gasteiger partial charge in [-0.2, -0.15) is 0 Å². The molecule has 3 nitrogen and oxygen atoms in total. The van der Waals surface area contributed by atoms with Gasteiger partial charge in [0.1, 0.15) is 5.75 Å². The number of hydrogen-bond donors (Lipinski definition) is 1. The van der Waals surface area contributed by atoms with Crippen LogP contribution in [0.25, 0.3) is 0 Å². The molecular formula is C10H11NO2. The van der Waals surface area contributed by atoms with Crippen LogP contribution in [0.3, 0.4) is 0 Å². The molecular weight excluding hydrogens is 166 g/mol.